The van der Waals surface area contributed by atoms with Crippen molar-refractivity contribution in [3.8, 4) is 0 Å². The van der Waals surface area contributed by atoms with Gasteiger partial charge in [0.15, 0.2) is 0 Å². The molecule has 0 aromatic carbocycles. The van der Waals surface area contributed by atoms with Gasteiger partial charge in [-0.1, -0.05) is 6.92 Å². The minimum absolute atomic E-state index is 0.0304. The van der Waals surface area contributed by atoms with Gasteiger partial charge in [-0.05, 0) is 51.4 Å². The van der Waals surface area contributed by atoms with Gasteiger partial charge in [-0.25, -0.2) is 4.79 Å². The van der Waals surface area contributed by atoms with Crippen LogP contribution in [0.15, 0.2) is 0 Å². The SMILES string of the molecule is CC1CCC(C)N(C(=O)NC2CCC(C(=O)O)CC2)C1. The maximum Gasteiger partial charge on any atom is 0.317 e. The minimum Gasteiger partial charge on any atom is -0.481 e. The molecule has 0 radical (unpaired) electrons. The fourth-order valence-corrected chi connectivity index (χ4v) is 3.31. The van der Waals surface area contributed by atoms with Crippen molar-refractivity contribution in [1.29, 1.82) is 0 Å². The first-order chi connectivity index (χ1) is 9.47. The molecule has 1 heterocycles. The van der Waals surface area contributed by atoms with Gasteiger partial charge in [0.2, 0.25) is 0 Å². The number of nitrogens with one attached hydrogen (secondary N) is 1. The molecule has 114 valence electrons. The number of carbonyl (C=O) groups is 2. The maximum absolute atomic E-state index is 12.3. The van der Waals surface area contributed by atoms with Gasteiger partial charge in [-0.2, -0.15) is 0 Å². The molecule has 2 aliphatic rings. The number of aliphatic carboxylic acids is 1. The van der Waals surface area contributed by atoms with Crippen LogP contribution in [0.1, 0.15) is 52.4 Å². The summed E-state index contributed by atoms with van der Waals surface area (Å²) in [6, 6.07) is 0.479. The highest BCUT2D eigenvalue weighted by Crippen LogP contribution is 2.26. The number of carbonyl (C=O) groups excluding carboxylic acids is 1. The van der Waals surface area contributed by atoms with E-state index in [2.05, 4.69) is 19.2 Å². The van der Waals surface area contributed by atoms with Gasteiger partial charge < -0.3 is 15.3 Å². The van der Waals surface area contributed by atoms with Crippen LogP contribution in [0.3, 0.4) is 0 Å². The number of hydrogen-bond acceptors (Lipinski definition) is 2. The van der Waals surface area contributed by atoms with Crippen molar-refractivity contribution in [2.45, 2.75) is 64.5 Å². The molecule has 2 atom stereocenters. The molecule has 1 aliphatic heterocycles. The topological polar surface area (TPSA) is 69.6 Å². The summed E-state index contributed by atoms with van der Waals surface area (Å²) in [7, 11) is 0. The van der Waals surface area contributed by atoms with Gasteiger partial charge in [0.05, 0.1) is 5.92 Å². The highest BCUT2D eigenvalue weighted by Gasteiger charge is 2.30. The summed E-state index contributed by atoms with van der Waals surface area (Å²) in [4.78, 5) is 25.2. The summed E-state index contributed by atoms with van der Waals surface area (Å²) in [5.41, 5.74) is 0. The van der Waals surface area contributed by atoms with Crippen LogP contribution >= 0.6 is 0 Å². The first kappa shape index (κ1) is 15.1. The van der Waals surface area contributed by atoms with Crippen LogP contribution in [-0.4, -0.2) is 40.6 Å². The lowest BCUT2D eigenvalue weighted by atomic mass is 9.86. The third-order valence-electron chi connectivity index (χ3n) is 4.78. The molecule has 5 heteroatoms. The zero-order valence-corrected chi connectivity index (χ0v) is 12.5. The Morgan fingerprint density at radius 2 is 1.70 bits per heavy atom. The van der Waals surface area contributed by atoms with Gasteiger partial charge >= 0.3 is 12.0 Å². The van der Waals surface area contributed by atoms with Gasteiger partial charge in [-0.3, -0.25) is 4.79 Å². The van der Waals surface area contributed by atoms with Crippen molar-refractivity contribution < 1.29 is 14.7 Å². The molecular weight excluding hydrogens is 256 g/mol. The Bertz CT molecular complexity index is 364. The number of carboxylic acids is 1. The average Bonchev–Trinajstić information content (AvgIpc) is 2.42. The van der Waals surface area contributed by atoms with E-state index < -0.39 is 5.97 Å². The van der Waals surface area contributed by atoms with Gasteiger partial charge in [0.1, 0.15) is 0 Å². The molecule has 2 fully saturated rings. The van der Waals surface area contributed by atoms with E-state index in [1.165, 1.54) is 6.42 Å². The molecule has 0 aromatic heterocycles. The van der Waals surface area contributed by atoms with Crippen LogP contribution < -0.4 is 5.32 Å². The largest absolute Gasteiger partial charge is 0.481 e. The monoisotopic (exact) mass is 282 g/mol. The normalized spacial score (nSPS) is 34.6. The summed E-state index contributed by atoms with van der Waals surface area (Å²) in [6.07, 6.45) is 5.16. The third kappa shape index (κ3) is 3.64. The van der Waals surface area contributed by atoms with E-state index in [1.54, 1.807) is 0 Å². The van der Waals surface area contributed by atoms with Gasteiger partial charge in [-0.15, -0.1) is 0 Å². The number of rotatable bonds is 2. The van der Waals surface area contributed by atoms with E-state index in [1.807, 2.05) is 4.90 Å². The van der Waals surface area contributed by atoms with Crippen LogP contribution in [0, 0.1) is 11.8 Å². The highest BCUT2D eigenvalue weighted by molar-refractivity contribution is 5.75. The second-order valence-corrected chi connectivity index (χ2v) is 6.52. The summed E-state index contributed by atoms with van der Waals surface area (Å²) in [5, 5.41) is 12.1. The number of hydrogen-bond donors (Lipinski definition) is 2. The third-order valence-corrected chi connectivity index (χ3v) is 4.78. The van der Waals surface area contributed by atoms with Gasteiger partial charge in [0, 0.05) is 18.6 Å². The Morgan fingerprint density at radius 3 is 2.30 bits per heavy atom. The van der Waals surface area contributed by atoms with Crippen LogP contribution in [-0.2, 0) is 4.79 Å². The summed E-state index contributed by atoms with van der Waals surface area (Å²) >= 11 is 0. The van der Waals surface area contributed by atoms with Crippen molar-refractivity contribution in [2.75, 3.05) is 6.54 Å². The Kier molecular flexibility index (Phi) is 4.89. The van der Waals surface area contributed by atoms with Crippen molar-refractivity contribution >= 4 is 12.0 Å². The number of amides is 2. The molecule has 2 N–H and O–H groups in total. The van der Waals surface area contributed by atoms with Crippen LogP contribution in [0.5, 0.6) is 0 Å². The highest BCUT2D eigenvalue weighted by atomic mass is 16.4. The lowest BCUT2D eigenvalue weighted by molar-refractivity contribution is -0.142. The maximum atomic E-state index is 12.3. The number of carboxylic acid groups (broad SMARTS) is 1. The summed E-state index contributed by atoms with van der Waals surface area (Å²) in [5.74, 6) is -0.356. The molecule has 2 rings (SSSR count). The second kappa shape index (κ2) is 6.46. The van der Waals surface area contributed by atoms with Crippen molar-refractivity contribution in [2.24, 2.45) is 11.8 Å². The van der Waals surface area contributed by atoms with Crippen molar-refractivity contribution in [1.82, 2.24) is 10.2 Å². The van der Waals surface area contributed by atoms with E-state index >= 15 is 0 Å². The Hall–Kier alpha value is -1.26. The first-order valence-corrected chi connectivity index (χ1v) is 7.77. The van der Waals surface area contributed by atoms with Crippen LogP contribution in [0.2, 0.25) is 0 Å². The van der Waals surface area contributed by atoms with E-state index in [9.17, 15) is 9.59 Å². The van der Waals surface area contributed by atoms with Gasteiger partial charge in [0.25, 0.3) is 0 Å². The molecule has 1 saturated carbocycles. The molecule has 0 spiro atoms. The minimum atomic E-state index is -0.701. The fourth-order valence-electron chi connectivity index (χ4n) is 3.31. The summed E-state index contributed by atoms with van der Waals surface area (Å²) < 4.78 is 0. The first-order valence-electron chi connectivity index (χ1n) is 7.77. The Balaban J connectivity index is 1.81. The molecule has 2 unspecified atom stereocenters. The molecular formula is C15H26N2O3. The van der Waals surface area contributed by atoms with Crippen LogP contribution in [0.4, 0.5) is 4.79 Å². The van der Waals surface area contributed by atoms with E-state index in [4.69, 9.17) is 5.11 Å². The van der Waals surface area contributed by atoms with E-state index in [-0.39, 0.29) is 18.0 Å². The molecule has 5 nitrogen and oxygen atoms in total. The smallest absolute Gasteiger partial charge is 0.317 e. The van der Waals surface area contributed by atoms with Crippen molar-refractivity contribution in [3.05, 3.63) is 0 Å². The zero-order chi connectivity index (χ0) is 14.7. The number of piperidine rings is 1. The molecule has 1 saturated heterocycles. The quantitative estimate of drug-likeness (QED) is 0.817. The molecule has 2 amide bonds. The zero-order valence-electron chi connectivity index (χ0n) is 12.5. The predicted octanol–water partition coefficient (Wildman–Crippen LogP) is 2.46. The molecule has 0 bridgehead atoms. The second-order valence-electron chi connectivity index (χ2n) is 6.52. The standard InChI is InChI=1S/C15H26N2O3/c1-10-3-4-11(2)17(9-10)15(20)16-13-7-5-12(6-8-13)14(18)19/h10-13H,3-9H2,1-2H3,(H,16,20)(H,18,19). The number of likely N-dealkylation sites (tertiary alicyclic amines) is 1. The van der Waals surface area contributed by atoms with E-state index in [0.717, 1.165) is 25.8 Å². The summed E-state index contributed by atoms with van der Waals surface area (Å²) in [6.45, 7) is 5.12. The van der Waals surface area contributed by atoms with Crippen molar-refractivity contribution in [3.63, 3.8) is 0 Å². The lowest BCUT2D eigenvalue weighted by Gasteiger charge is -2.38. The predicted molar refractivity (Wildman–Crippen MR) is 76.5 cm³/mol. The number of nitrogens with zero attached hydrogens (tertiary/aromatic N) is 1. The molecule has 20 heavy (non-hydrogen) atoms. The lowest BCUT2D eigenvalue weighted by Crippen LogP contribution is -2.52. The molecule has 1 aliphatic carbocycles. The molecule has 0 aromatic rings. The number of urea groups is 1. The average molecular weight is 282 g/mol. The van der Waals surface area contributed by atoms with Crippen LogP contribution in [0.25, 0.3) is 0 Å². The fraction of sp³-hybridized carbons (Fsp3) is 0.867. The Morgan fingerprint density at radius 1 is 1.05 bits per heavy atom. The Labute approximate surface area is 120 Å². The van der Waals surface area contributed by atoms with E-state index in [0.29, 0.717) is 24.8 Å².